The molecule has 0 saturated carbocycles. The van der Waals surface area contributed by atoms with Crippen molar-refractivity contribution < 1.29 is 9.53 Å². The van der Waals surface area contributed by atoms with E-state index >= 15 is 0 Å². The first kappa shape index (κ1) is 20.8. The number of benzene rings is 2. The van der Waals surface area contributed by atoms with Crippen LogP contribution in [0.15, 0.2) is 71.0 Å². The normalized spacial score (nSPS) is 13.1. The molecule has 0 aliphatic heterocycles. The Labute approximate surface area is 165 Å². The lowest BCUT2D eigenvalue weighted by atomic mass is 9.74. The first-order chi connectivity index (χ1) is 13.2. The Balaban J connectivity index is 2.30. The summed E-state index contributed by atoms with van der Waals surface area (Å²) >= 11 is 1.47. The van der Waals surface area contributed by atoms with Crippen LogP contribution in [0.4, 0.5) is 5.69 Å². The summed E-state index contributed by atoms with van der Waals surface area (Å²) in [5.41, 5.74) is 1.08. The molecule has 0 aliphatic rings. The lowest BCUT2D eigenvalue weighted by molar-refractivity contribution is -0.122. The van der Waals surface area contributed by atoms with Crippen LogP contribution < -0.4 is 5.32 Å². The molecule has 0 fully saturated rings. The van der Waals surface area contributed by atoms with Crippen molar-refractivity contribution >= 4 is 23.4 Å². The van der Waals surface area contributed by atoms with Crippen molar-refractivity contribution in [3.63, 3.8) is 0 Å². The number of rotatable bonds is 9. The monoisotopic (exact) mass is 380 g/mol. The second kappa shape index (κ2) is 10.6. The van der Waals surface area contributed by atoms with E-state index in [1.54, 1.807) is 12.5 Å². The third kappa shape index (κ3) is 5.46. The molecule has 1 unspecified atom stereocenters. The predicted molar refractivity (Wildman–Crippen MR) is 111 cm³/mol. The molecule has 0 bridgehead atoms. The van der Waals surface area contributed by atoms with Gasteiger partial charge in [0.2, 0.25) is 5.91 Å². The highest BCUT2D eigenvalue weighted by molar-refractivity contribution is 8.02. The van der Waals surface area contributed by atoms with Gasteiger partial charge in [0.1, 0.15) is 0 Å². The number of ether oxygens (including phenoxy) is 1. The number of nitriles is 1. The summed E-state index contributed by atoms with van der Waals surface area (Å²) in [5.74, 6) is -0.0296. The van der Waals surface area contributed by atoms with E-state index in [0.29, 0.717) is 19.4 Å². The van der Waals surface area contributed by atoms with E-state index in [1.807, 2.05) is 67.6 Å². The van der Waals surface area contributed by atoms with Crippen LogP contribution in [0.3, 0.4) is 0 Å². The van der Waals surface area contributed by atoms with Crippen molar-refractivity contribution in [1.29, 1.82) is 5.26 Å². The lowest BCUT2D eigenvalue weighted by Gasteiger charge is -2.32. The highest BCUT2D eigenvalue weighted by Crippen LogP contribution is 2.35. The number of hydrogen-bond acceptors (Lipinski definition) is 4. The quantitative estimate of drug-likeness (QED) is 0.483. The topological polar surface area (TPSA) is 62.1 Å². The Bertz CT molecular complexity index is 797. The van der Waals surface area contributed by atoms with Crippen molar-refractivity contribution in [2.75, 3.05) is 19.0 Å². The molecule has 0 radical (unpaired) electrons. The highest BCUT2D eigenvalue weighted by atomic mass is 32.2. The van der Waals surface area contributed by atoms with Gasteiger partial charge in [0.05, 0.1) is 11.5 Å². The van der Waals surface area contributed by atoms with E-state index in [-0.39, 0.29) is 5.91 Å². The van der Waals surface area contributed by atoms with Gasteiger partial charge in [-0.1, -0.05) is 49.0 Å². The molecule has 5 heteroatoms. The number of carbonyl (C=O) groups is 1. The minimum atomic E-state index is -0.669. The smallest absolute Gasteiger partial charge is 0.235 e. The lowest BCUT2D eigenvalue weighted by Crippen LogP contribution is -2.41. The van der Waals surface area contributed by atoms with E-state index in [1.165, 1.54) is 17.8 Å². The van der Waals surface area contributed by atoms with Gasteiger partial charge in [-0.15, -0.1) is 0 Å². The number of anilines is 1. The van der Waals surface area contributed by atoms with Crippen molar-refractivity contribution in [3.05, 3.63) is 71.6 Å². The number of thioether (sulfide) groups is 1. The molecular weight excluding hydrogens is 356 g/mol. The van der Waals surface area contributed by atoms with Crippen LogP contribution in [-0.2, 0) is 14.9 Å². The van der Waals surface area contributed by atoms with Gasteiger partial charge in [0.25, 0.3) is 0 Å². The van der Waals surface area contributed by atoms with Crippen LogP contribution in [-0.4, -0.2) is 19.6 Å². The maximum absolute atomic E-state index is 13.2. The third-order valence-corrected chi connectivity index (χ3v) is 5.37. The zero-order valence-electron chi connectivity index (χ0n) is 15.6. The van der Waals surface area contributed by atoms with Gasteiger partial charge >= 0.3 is 0 Å². The van der Waals surface area contributed by atoms with Gasteiger partial charge in [0.15, 0.2) is 0 Å². The zero-order valence-corrected chi connectivity index (χ0v) is 16.5. The van der Waals surface area contributed by atoms with E-state index in [9.17, 15) is 4.79 Å². The molecule has 0 aromatic heterocycles. The van der Waals surface area contributed by atoms with Crippen LogP contribution in [0.25, 0.3) is 0 Å². The average Bonchev–Trinajstić information content (AvgIpc) is 2.71. The summed E-state index contributed by atoms with van der Waals surface area (Å²) < 4.78 is 5.29. The molecule has 0 spiro atoms. The molecule has 1 amide bonds. The summed E-state index contributed by atoms with van der Waals surface area (Å²) in [5, 5.41) is 13.4. The van der Waals surface area contributed by atoms with Crippen molar-refractivity contribution in [1.82, 2.24) is 0 Å². The maximum Gasteiger partial charge on any atom is 0.235 e. The van der Waals surface area contributed by atoms with Gasteiger partial charge in [0, 0.05) is 30.4 Å². The number of hydrogen-bond donors (Lipinski definition) is 1. The van der Waals surface area contributed by atoms with Gasteiger partial charge in [-0.25, -0.2) is 0 Å². The molecule has 1 atom stereocenters. The molecule has 2 aromatic rings. The Morgan fingerprint density at radius 2 is 1.93 bits per heavy atom. The van der Waals surface area contributed by atoms with Crippen LogP contribution >= 0.6 is 11.8 Å². The number of methoxy groups -OCH3 is 1. The number of nitrogens with zero attached hydrogens (tertiary/aromatic N) is 1. The van der Waals surface area contributed by atoms with E-state index in [2.05, 4.69) is 5.32 Å². The number of allylic oxidation sites excluding steroid dienone is 1. The highest BCUT2D eigenvalue weighted by Gasteiger charge is 2.38. The largest absolute Gasteiger partial charge is 0.385 e. The van der Waals surface area contributed by atoms with Crippen LogP contribution in [0, 0.1) is 11.3 Å². The Morgan fingerprint density at radius 3 is 2.52 bits per heavy atom. The fourth-order valence-corrected chi connectivity index (χ4v) is 3.55. The molecule has 0 aliphatic carbocycles. The van der Waals surface area contributed by atoms with E-state index < -0.39 is 5.41 Å². The fraction of sp³-hybridized carbons (Fsp3) is 0.273. The SMILES string of the molecule is CCC(CCOC)(C(=O)Nc1ccccc1)c1ccc(SC=CC#N)cc1. The van der Waals surface area contributed by atoms with E-state index in [0.717, 1.165) is 16.1 Å². The molecule has 2 aromatic carbocycles. The van der Waals surface area contributed by atoms with Crippen molar-refractivity contribution in [2.45, 2.75) is 30.1 Å². The zero-order chi connectivity index (χ0) is 19.5. The number of nitrogens with one attached hydrogen (secondary N) is 1. The summed E-state index contributed by atoms with van der Waals surface area (Å²) in [7, 11) is 1.65. The first-order valence-electron chi connectivity index (χ1n) is 8.83. The number of carbonyl (C=O) groups excluding carboxylic acids is 1. The van der Waals surface area contributed by atoms with Crippen LogP contribution in [0.2, 0.25) is 0 Å². The first-order valence-corrected chi connectivity index (χ1v) is 9.71. The molecule has 0 saturated heterocycles. The molecule has 1 N–H and O–H groups in total. The van der Waals surface area contributed by atoms with Crippen molar-refractivity contribution in [3.8, 4) is 6.07 Å². The summed E-state index contributed by atoms with van der Waals surface area (Å²) in [6.45, 7) is 2.52. The summed E-state index contributed by atoms with van der Waals surface area (Å²) in [6.07, 6.45) is 2.70. The van der Waals surface area contributed by atoms with Gasteiger partial charge in [-0.3, -0.25) is 4.79 Å². The van der Waals surface area contributed by atoms with Crippen molar-refractivity contribution in [2.24, 2.45) is 0 Å². The van der Waals surface area contributed by atoms with Crippen LogP contribution in [0.1, 0.15) is 25.3 Å². The number of amides is 1. The maximum atomic E-state index is 13.2. The molecule has 0 heterocycles. The second-order valence-electron chi connectivity index (χ2n) is 6.07. The number of para-hydroxylation sites is 1. The van der Waals surface area contributed by atoms with Gasteiger partial charge < -0.3 is 10.1 Å². The Morgan fingerprint density at radius 1 is 1.22 bits per heavy atom. The molecule has 4 nitrogen and oxygen atoms in total. The van der Waals surface area contributed by atoms with Crippen LogP contribution in [0.5, 0.6) is 0 Å². The minimum Gasteiger partial charge on any atom is -0.385 e. The fourth-order valence-electron chi connectivity index (χ4n) is 2.97. The molecule has 27 heavy (non-hydrogen) atoms. The average molecular weight is 381 g/mol. The van der Waals surface area contributed by atoms with Gasteiger partial charge in [-0.05, 0) is 48.1 Å². The second-order valence-corrected chi connectivity index (χ2v) is 7.05. The minimum absolute atomic E-state index is 0.0296. The molecular formula is C22H24N2O2S. The summed E-state index contributed by atoms with van der Waals surface area (Å²) in [6, 6.07) is 19.4. The standard InChI is InChI=1S/C22H24N2O2S/c1-3-22(14-16-26-2,21(25)24-19-8-5-4-6-9-19)18-10-12-20(13-11-18)27-17-7-15-23/h4-13,17H,3,14,16H2,1-2H3,(H,24,25). The predicted octanol–water partition coefficient (Wildman–Crippen LogP) is 5.14. The third-order valence-electron chi connectivity index (χ3n) is 4.56. The molecule has 2 rings (SSSR count). The van der Waals surface area contributed by atoms with E-state index in [4.69, 9.17) is 10.00 Å². The van der Waals surface area contributed by atoms with Gasteiger partial charge in [-0.2, -0.15) is 5.26 Å². The Kier molecular flexibility index (Phi) is 8.12. The Hall–Kier alpha value is -2.55. The molecule has 140 valence electrons. The summed E-state index contributed by atoms with van der Waals surface area (Å²) in [4.78, 5) is 14.3.